The zero-order chi connectivity index (χ0) is 30.7. The van der Waals surface area contributed by atoms with Gasteiger partial charge in [-0.2, -0.15) is 13.2 Å². The van der Waals surface area contributed by atoms with E-state index >= 15 is 0 Å². The van der Waals surface area contributed by atoms with Gasteiger partial charge >= 0.3 is 6.18 Å². The third kappa shape index (κ3) is 5.21. The Morgan fingerprint density at radius 3 is 2.80 bits per heavy atom. The first kappa shape index (κ1) is 28.5. The van der Waals surface area contributed by atoms with Crippen LogP contribution < -0.4 is 25.0 Å². The summed E-state index contributed by atoms with van der Waals surface area (Å²) in [6, 6.07) is 10.8. The van der Waals surface area contributed by atoms with Crippen LogP contribution in [-0.4, -0.2) is 67.1 Å². The van der Waals surface area contributed by atoms with E-state index in [1.54, 1.807) is 29.3 Å². The second kappa shape index (κ2) is 10.7. The van der Waals surface area contributed by atoms with Crippen molar-refractivity contribution in [3.63, 3.8) is 0 Å². The maximum absolute atomic E-state index is 14.2. The normalized spacial score (nSPS) is 23.7. The van der Waals surface area contributed by atoms with Gasteiger partial charge in [-0.1, -0.05) is 0 Å². The molecule has 0 bridgehead atoms. The predicted molar refractivity (Wildman–Crippen MR) is 156 cm³/mol. The second-order valence-electron chi connectivity index (χ2n) is 12.0. The average Bonchev–Trinajstić information content (AvgIpc) is 3.52. The molecule has 0 radical (unpaired) electrons. The number of alkyl halides is 3. The first-order valence-corrected chi connectivity index (χ1v) is 14.8. The van der Waals surface area contributed by atoms with Crippen LogP contribution in [0.2, 0.25) is 0 Å². The lowest BCUT2D eigenvalue weighted by Gasteiger charge is -2.38. The summed E-state index contributed by atoms with van der Waals surface area (Å²) in [5, 5.41) is 5.65. The number of piperidine rings is 1. The van der Waals surface area contributed by atoms with Crippen molar-refractivity contribution < 1.29 is 32.2 Å². The number of anilines is 2. The number of likely N-dealkylation sites (N-methyl/N-ethyl adjacent to an activating group) is 1. The Morgan fingerprint density at radius 2 is 2.00 bits per heavy atom. The number of nitrogens with zero attached hydrogens (tertiary/aromatic N) is 3. The zero-order valence-corrected chi connectivity index (χ0v) is 24.3. The Bertz CT molecular complexity index is 1640. The van der Waals surface area contributed by atoms with Crippen molar-refractivity contribution in [3.05, 3.63) is 70.9 Å². The highest BCUT2D eigenvalue weighted by Gasteiger charge is 2.59. The molecule has 1 aliphatic carbocycles. The SMILES string of the molecule is CN(C)C1CCCN(c2ccc(C(=O)N[C@@H]3[C@H]4Oc5ccc(Oc6ccnc7c6CCC(=O)N7)cc5[C@@H]34)cc2C(F)(F)F)C1. The van der Waals surface area contributed by atoms with Crippen LogP contribution in [0.5, 0.6) is 17.2 Å². The lowest BCUT2D eigenvalue weighted by atomic mass is 10.0. The van der Waals surface area contributed by atoms with Crippen molar-refractivity contribution in [1.29, 1.82) is 0 Å². The summed E-state index contributed by atoms with van der Waals surface area (Å²) < 4.78 is 54.8. The molecule has 12 heteroatoms. The van der Waals surface area contributed by atoms with Crippen LogP contribution in [-0.2, 0) is 17.4 Å². The molecule has 1 unspecified atom stereocenters. The molecule has 4 heterocycles. The first-order valence-electron chi connectivity index (χ1n) is 14.8. The predicted octanol–water partition coefficient (Wildman–Crippen LogP) is 4.96. The molecule has 3 aliphatic heterocycles. The molecule has 44 heavy (non-hydrogen) atoms. The molecule has 2 aromatic carbocycles. The molecule has 2 fully saturated rings. The quantitative estimate of drug-likeness (QED) is 0.409. The van der Waals surface area contributed by atoms with Crippen molar-refractivity contribution in [2.75, 3.05) is 37.4 Å². The van der Waals surface area contributed by atoms with Gasteiger partial charge in [-0.05, 0) is 75.8 Å². The molecule has 4 atom stereocenters. The van der Waals surface area contributed by atoms with Crippen molar-refractivity contribution in [2.24, 2.45) is 0 Å². The molecule has 0 spiro atoms. The molecular weight excluding hydrogens is 575 g/mol. The number of hydrogen-bond acceptors (Lipinski definition) is 7. The van der Waals surface area contributed by atoms with E-state index in [4.69, 9.17) is 9.47 Å². The molecule has 230 valence electrons. The van der Waals surface area contributed by atoms with Gasteiger partial charge in [0, 0.05) is 54.1 Å². The number of carbonyl (C=O) groups is 2. The van der Waals surface area contributed by atoms with E-state index < -0.39 is 17.6 Å². The Morgan fingerprint density at radius 1 is 1.16 bits per heavy atom. The van der Waals surface area contributed by atoms with Gasteiger partial charge in [-0.3, -0.25) is 9.59 Å². The maximum Gasteiger partial charge on any atom is 0.418 e. The highest BCUT2D eigenvalue weighted by Crippen LogP contribution is 2.55. The number of hydrogen-bond donors (Lipinski definition) is 2. The van der Waals surface area contributed by atoms with Crippen molar-refractivity contribution >= 4 is 23.3 Å². The van der Waals surface area contributed by atoms with E-state index in [1.807, 2.05) is 25.1 Å². The fourth-order valence-corrected chi connectivity index (χ4v) is 6.57. The Kier molecular flexibility index (Phi) is 6.91. The topological polar surface area (TPSA) is 96.0 Å². The van der Waals surface area contributed by atoms with E-state index in [1.165, 1.54) is 12.1 Å². The third-order valence-electron chi connectivity index (χ3n) is 8.99. The number of fused-ring (bicyclic) bond motifs is 4. The number of benzene rings is 2. The number of ether oxygens (including phenoxy) is 2. The van der Waals surface area contributed by atoms with Gasteiger partial charge in [-0.15, -0.1) is 0 Å². The van der Waals surface area contributed by atoms with Crippen LogP contribution in [0.25, 0.3) is 0 Å². The Labute approximate surface area is 252 Å². The summed E-state index contributed by atoms with van der Waals surface area (Å²) in [6.45, 7) is 1.03. The minimum absolute atomic E-state index is 0.0425. The van der Waals surface area contributed by atoms with E-state index in [2.05, 4.69) is 15.6 Å². The van der Waals surface area contributed by atoms with Gasteiger partial charge in [0.15, 0.2) is 0 Å². The molecule has 2 amide bonds. The van der Waals surface area contributed by atoms with Gasteiger partial charge in [0.25, 0.3) is 5.91 Å². The lowest BCUT2D eigenvalue weighted by molar-refractivity contribution is -0.137. The van der Waals surface area contributed by atoms with Crippen LogP contribution in [0.3, 0.4) is 0 Å². The smallest absolute Gasteiger partial charge is 0.418 e. The minimum atomic E-state index is -4.61. The van der Waals surface area contributed by atoms with Crippen LogP contribution >= 0.6 is 0 Å². The van der Waals surface area contributed by atoms with Gasteiger partial charge in [0.05, 0.1) is 17.5 Å². The number of halogens is 3. The Balaban J connectivity index is 1.06. The van der Waals surface area contributed by atoms with Crippen LogP contribution in [0.4, 0.5) is 24.7 Å². The standard InChI is InChI=1S/C32H32F3N5O4/c1-39(2)18-4-3-13-40(16-18)23-8-5-17(14-22(23)32(33,34)35)31(42)38-28-27-21-15-19(6-9-24(21)44-29(27)28)43-25-11-12-36-30-20(25)7-10-26(41)37-30/h5-6,8-9,11-12,14-15,18,27-29H,3-4,7,10,13,16H2,1-2H3,(H,38,42)(H,36,37,41)/t18?,27-,28-,29-/m0/s1. The fourth-order valence-electron chi connectivity index (χ4n) is 6.57. The molecule has 7 rings (SSSR count). The minimum Gasteiger partial charge on any atom is -0.487 e. The maximum atomic E-state index is 14.2. The Hall–Kier alpha value is -4.32. The lowest BCUT2D eigenvalue weighted by Crippen LogP contribution is -2.45. The first-order chi connectivity index (χ1) is 21.1. The van der Waals surface area contributed by atoms with Crippen LogP contribution in [0.1, 0.15) is 52.2 Å². The summed E-state index contributed by atoms with van der Waals surface area (Å²) in [5.41, 5.74) is 0.939. The van der Waals surface area contributed by atoms with Crippen molar-refractivity contribution in [2.45, 2.75) is 56.0 Å². The van der Waals surface area contributed by atoms with Crippen molar-refractivity contribution in [3.8, 4) is 17.2 Å². The summed E-state index contributed by atoms with van der Waals surface area (Å²) in [7, 11) is 3.87. The highest BCUT2D eigenvalue weighted by molar-refractivity contribution is 5.96. The summed E-state index contributed by atoms with van der Waals surface area (Å²) >= 11 is 0. The second-order valence-corrected chi connectivity index (χ2v) is 12.0. The fraction of sp³-hybridized carbons (Fsp3) is 0.406. The molecule has 1 saturated heterocycles. The average molecular weight is 608 g/mol. The summed E-state index contributed by atoms with van der Waals surface area (Å²) in [5.74, 6) is 1.53. The number of rotatable bonds is 6. The van der Waals surface area contributed by atoms with Crippen LogP contribution in [0.15, 0.2) is 48.7 Å². The monoisotopic (exact) mass is 607 g/mol. The number of pyridine rings is 1. The van der Waals surface area contributed by atoms with Crippen molar-refractivity contribution in [1.82, 2.24) is 15.2 Å². The molecule has 9 nitrogen and oxygen atoms in total. The highest BCUT2D eigenvalue weighted by atomic mass is 19.4. The van der Waals surface area contributed by atoms with E-state index in [0.29, 0.717) is 49.0 Å². The molecule has 4 aliphatic rings. The number of carbonyl (C=O) groups excluding carboxylic acids is 2. The molecule has 2 N–H and O–H groups in total. The molecule has 1 aromatic heterocycles. The van der Waals surface area contributed by atoms with Gasteiger partial charge < -0.3 is 29.9 Å². The molecule has 3 aromatic rings. The number of nitrogens with one attached hydrogen (secondary N) is 2. The molecule has 1 saturated carbocycles. The third-order valence-corrected chi connectivity index (χ3v) is 8.99. The summed E-state index contributed by atoms with van der Waals surface area (Å²) in [4.78, 5) is 33.0. The van der Waals surface area contributed by atoms with E-state index in [0.717, 1.165) is 30.0 Å². The summed E-state index contributed by atoms with van der Waals surface area (Å²) in [6.07, 6.45) is -0.745. The molecular formula is C32H32F3N5O4. The number of aromatic nitrogens is 1. The largest absolute Gasteiger partial charge is 0.487 e. The van der Waals surface area contributed by atoms with Gasteiger partial charge in [-0.25, -0.2) is 4.98 Å². The van der Waals surface area contributed by atoms with Crippen LogP contribution in [0, 0.1) is 0 Å². The zero-order valence-electron chi connectivity index (χ0n) is 24.3. The van der Waals surface area contributed by atoms with E-state index in [9.17, 15) is 22.8 Å². The van der Waals surface area contributed by atoms with E-state index in [-0.39, 0.29) is 41.3 Å². The number of amides is 2. The van der Waals surface area contributed by atoms with Gasteiger partial charge in [0.2, 0.25) is 5.91 Å². The van der Waals surface area contributed by atoms with Gasteiger partial charge in [0.1, 0.15) is 29.2 Å².